The van der Waals surface area contributed by atoms with E-state index >= 15 is 0 Å². The first-order valence-electron chi connectivity index (χ1n) is 12.6. The van der Waals surface area contributed by atoms with Gasteiger partial charge < -0.3 is 19.3 Å². The SMILES string of the molecule is COc1ccc2c(c1)C(NC(=O)C1CCCN(Cc3nc(-c4ccccc4C)no3)C1)CC(C)(C)O2. The minimum Gasteiger partial charge on any atom is -0.497 e. The van der Waals surface area contributed by atoms with Crippen molar-refractivity contribution < 1.29 is 18.8 Å². The third kappa shape index (κ3) is 5.23. The predicted molar refractivity (Wildman–Crippen MR) is 136 cm³/mol. The lowest BCUT2D eigenvalue weighted by Crippen LogP contribution is -2.46. The molecule has 2 aliphatic heterocycles. The van der Waals surface area contributed by atoms with Gasteiger partial charge in [-0.05, 0) is 63.9 Å². The normalized spacial score (nSPS) is 21.3. The van der Waals surface area contributed by atoms with Crippen molar-refractivity contribution in [2.24, 2.45) is 5.92 Å². The molecule has 2 atom stereocenters. The number of piperidine rings is 1. The van der Waals surface area contributed by atoms with E-state index in [2.05, 4.69) is 34.2 Å². The minimum absolute atomic E-state index is 0.0716. The van der Waals surface area contributed by atoms with E-state index in [0.717, 1.165) is 47.6 Å². The van der Waals surface area contributed by atoms with Crippen molar-refractivity contribution in [3.05, 3.63) is 59.5 Å². The molecule has 0 saturated carbocycles. The molecular formula is C28H34N4O4. The molecule has 3 aromatic rings. The fourth-order valence-electron chi connectivity index (χ4n) is 5.23. The number of likely N-dealkylation sites (tertiary alicyclic amines) is 1. The monoisotopic (exact) mass is 490 g/mol. The van der Waals surface area contributed by atoms with Crippen LogP contribution in [0.5, 0.6) is 11.5 Å². The van der Waals surface area contributed by atoms with Crippen LogP contribution in [-0.2, 0) is 11.3 Å². The Balaban J connectivity index is 1.25. The van der Waals surface area contributed by atoms with Gasteiger partial charge in [0.05, 0.1) is 25.6 Å². The van der Waals surface area contributed by atoms with Crippen molar-refractivity contribution in [1.82, 2.24) is 20.4 Å². The van der Waals surface area contributed by atoms with Crippen LogP contribution in [0.3, 0.4) is 0 Å². The summed E-state index contributed by atoms with van der Waals surface area (Å²) in [5.74, 6) is 2.69. The van der Waals surface area contributed by atoms with E-state index in [9.17, 15) is 4.79 Å². The van der Waals surface area contributed by atoms with Crippen LogP contribution in [0, 0.1) is 12.8 Å². The third-order valence-electron chi connectivity index (χ3n) is 7.08. The van der Waals surface area contributed by atoms with Gasteiger partial charge >= 0.3 is 0 Å². The summed E-state index contributed by atoms with van der Waals surface area (Å²) in [5.41, 5.74) is 2.67. The molecule has 1 aromatic heterocycles. The van der Waals surface area contributed by atoms with Gasteiger partial charge in [0.25, 0.3) is 0 Å². The van der Waals surface area contributed by atoms with Gasteiger partial charge in [-0.3, -0.25) is 9.69 Å². The highest BCUT2D eigenvalue weighted by molar-refractivity contribution is 5.79. The summed E-state index contributed by atoms with van der Waals surface area (Å²) in [6.07, 6.45) is 2.50. The highest BCUT2D eigenvalue weighted by atomic mass is 16.5. The van der Waals surface area contributed by atoms with E-state index in [4.69, 9.17) is 14.0 Å². The molecule has 0 bridgehead atoms. The number of aromatic nitrogens is 2. The first-order chi connectivity index (χ1) is 17.3. The number of ether oxygens (including phenoxy) is 2. The summed E-state index contributed by atoms with van der Waals surface area (Å²) in [4.78, 5) is 20.2. The molecule has 8 heteroatoms. The molecule has 36 heavy (non-hydrogen) atoms. The zero-order valence-corrected chi connectivity index (χ0v) is 21.4. The summed E-state index contributed by atoms with van der Waals surface area (Å²) < 4.78 is 17.1. The number of carbonyl (C=O) groups is 1. The van der Waals surface area contributed by atoms with Crippen LogP contribution in [0.1, 0.15) is 56.2 Å². The van der Waals surface area contributed by atoms with Crippen LogP contribution in [0.2, 0.25) is 0 Å². The Labute approximate surface area is 212 Å². The minimum atomic E-state index is -0.370. The van der Waals surface area contributed by atoms with E-state index in [1.54, 1.807) is 7.11 Å². The van der Waals surface area contributed by atoms with Gasteiger partial charge in [0, 0.05) is 24.1 Å². The van der Waals surface area contributed by atoms with Crippen LogP contribution in [0.4, 0.5) is 0 Å². The lowest BCUT2D eigenvalue weighted by molar-refractivity contribution is -0.128. The van der Waals surface area contributed by atoms with Crippen LogP contribution < -0.4 is 14.8 Å². The molecule has 0 radical (unpaired) electrons. The van der Waals surface area contributed by atoms with Crippen molar-refractivity contribution >= 4 is 5.91 Å². The summed E-state index contributed by atoms with van der Waals surface area (Å²) in [5, 5.41) is 7.49. The molecule has 2 aromatic carbocycles. The second-order valence-corrected chi connectivity index (χ2v) is 10.4. The molecule has 8 nitrogen and oxygen atoms in total. The van der Waals surface area contributed by atoms with E-state index in [0.29, 0.717) is 31.2 Å². The molecule has 2 unspecified atom stereocenters. The Hall–Kier alpha value is -3.39. The topological polar surface area (TPSA) is 89.7 Å². The first kappa shape index (κ1) is 24.3. The molecule has 3 heterocycles. The lowest BCUT2D eigenvalue weighted by atomic mass is 9.88. The van der Waals surface area contributed by atoms with Gasteiger partial charge in [-0.15, -0.1) is 0 Å². The van der Waals surface area contributed by atoms with Gasteiger partial charge in [-0.2, -0.15) is 4.98 Å². The maximum Gasteiger partial charge on any atom is 0.241 e. The molecule has 0 aliphatic carbocycles. The van der Waals surface area contributed by atoms with Crippen molar-refractivity contribution in [2.45, 2.75) is 58.2 Å². The zero-order valence-electron chi connectivity index (χ0n) is 21.4. The number of hydrogen-bond donors (Lipinski definition) is 1. The Kier molecular flexibility index (Phi) is 6.71. The largest absolute Gasteiger partial charge is 0.497 e. The van der Waals surface area contributed by atoms with E-state index < -0.39 is 0 Å². The van der Waals surface area contributed by atoms with Crippen LogP contribution in [0.15, 0.2) is 47.0 Å². The molecule has 5 rings (SSSR count). The predicted octanol–water partition coefficient (Wildman–Crippen LogP) is 4.68. The van der Waals surface area contributed by atoms with E-state index in [-0.39, 0.29) is 23.5 Å². The lowest BCUT2D eigenvalue weighted by Gasteiger charge is -2.39. The summed E-state index contributed by atoms with van der Waals surface area (Å²) >= 11 is 0. The number of aryl methyl sites for hydroxylation is 1. The molecule has 2 aliphatic rings. The maximum absolute atomic E-state index is 13.4. The number of rotatable bonds is 6. The molecule has 1 saturated heterocycles. The highest BCUT2D eigenvalue weighted by Gasteiger charge is 2.36. The number of methoxy groups -OCH3 is 1. The van der Waals surface area contributed by atoms with Crippen molar-refractivity contribution in [3.63, 3.8) is 0 Å². The number of carbonyl (C=O) groups excluding carboxylic acids is 1. The average Bonchev–Trinajstić information content (AvgIpc) is 3.31. The molecule has 0 spiro atoms. The Morgan fingerprint density at radius 2 is 2.08 bits per heavy atom. The van der Waals surface area contributed by atoms with Crippen LogP contribution in [-0.4, -0.2) is 46.7 Å². The molecule has 190 valence electrons. The Bertz CT molecular complexity index is 1240. The van der Waals surface area contributed by atoms with E-state index in [1.807, 2.05) is 49.4 Å². The van der Waals surface area contributed by atoms with Gasteiger partial charge in [0.2, 0.25) is 17.6 Å². The average molecular weight is 491 g/mol. The number of amides is 1. The van der Waals surface area contributed by atoms with Crippen LogP contribution >= 0.6 is 0 Å². The quantitative estimate of drug-likeness (QED) is 0.536. The number of nitrogens with one attached hydrogen (secondary N) is 1. The van der Waals surface area contributed by atoms with Gasteiger partial charge in [-0.1, -0.05) is 29.4 Å². The number of benzene rings is 2. The number of fused-ring (bicyclic) bond motifs is 1. The Morgan fingerprint density at radius 1 is 1.25 bits per heavy atom. The highest BCUT2D eigenvalue weighted by Crippen LogP contribution is 2.41. The summed E-state index contributed by atoms with van der Waals surface area (Å²) in [7, 11) is 1.65. The molecule has 1 amide bonds. The third-order valence-corrected chi connectivity index (χ3v) is 7.08. The zero-order chi connectivity index (χ0) is 25.3. The molecular weight excluding hydrogens is 456 g/mol. The van der Waals surface area contributed by atoms with Crippen molar-refractivity contribution in [2.75, 3.05) is 20.2 Å². The van der Waals surface area contributed by atoms with Gasteiger partial charge in [0.15, 0.2) is 0 Å². The van der Waals surface area contributed by atoms with Crippen molar-refractivity contribution in [3.8, 4) is 22.9 Å². The second-order valence-electron chi connectivity index (χ2n) is 10.4. The van der Waals surface area contributed by atoms with Crippen molar-refractivity contribution in [1.29, 1.82) is 0 Å². The second kappa shape index (κ2) is 9.93. The van der Waals surface area contributed by atoms with Gasteiger partial charge in [-0.25, -0.2) is 0 Å². The fraction of sp³-hybridized carbons (Fsp3) is 0.464. The first-order valence-corrected chi connectivity index (χ1v) is 12.6. The molecule has 1 N–H and O–H groups in total. The number of nitrogens with zero attached hydrogens (tertiary/aromatic N) is 3. The fourth-order valence-corrected chi connectivity index (χ4v) is 5.23. The maximum atomic E-state index is 13.4. The summed E-state index contributed by atoms with van der Waals surface area (Å²) in [6.45, 7) is 8.23. The summed E-state index contributed by atoms with van der Waals surface area (Å²) in [6, 6.07) is 13.6. The Morgan fingerprint density at radius 3 is 2.89 bits per heavy atom. The standard InChI is InChI=1S/C28H34N4O4/c1-18-8-5-6-10-21(18)26-30-25(36-31-26)17-32-13-7-9-19(16-32)27(33)29-23-15-28(2,3)35-24-12-11-20(34-4)14-22(23)24/h5-6,8,10-12,14,19,23H,7,9,13,15-17H2,1-4H3,(H,29,33). The number of hydrogen-bond acceptors (Lipinski definition) is 7. The molecule has 1 fully saturated rings. The smallest absolute Gasteiger partial charge is 0.241 e. The van der Waals surface area contributed by atoms with E-state index in [1.165, 1.54) is 0 Å². The van der Waals surface area contributed by atoms with Gasteiger partial charge in [0.1, 0.15) is 17.1 Å². The van der Waals surface area contributed by atoms with Crippen LogP contribution in [0.25, 0.3) is 11.4 Å².